The van der Waals surface area contributed by atoms with Gasteiger partial charge in [0.2, 0.25) is 0 Å². The average Bonchev–Trinajstić information content (AvgIpc) is 2.90. The van der Waals surface area contributed by atoms with E-state index in [2.05, 4.69) is 23.1 Å². The van der Waals surface area contributed by atoms with Gasteiger partial charge in [0.25, 0.3) is 0 Å². The van der Waals surface area contributed by atoms with Crippen molar-refractivity contribution in [1.29, 1.82) is 15.8 Å². The Morgan fingerprint density at radius 3 is 2.59 bits per heavy atom. The lowest BCUT2D eigenvalue weighted by molar-refractivity contribution is 0.160. The smallest absolute Gasteiger partial charge is 0.191 e. The number of fused-ring (bicyclic) bond motifs is 4. The summed E-state index contributed by atoms with van der Waals surface area (Å²) in [6.07, 6.45) is 3.88. The number of nitriles is 3. The molecule has 134 valence electrons. The fourth-order valence-electron chi connectivity index (χ4n) is 5.16. The zero-order chi connectivity index (χ0) is 19.3. The van der Waals surface area contributed by atoms with Crippen molar-refractivity contribution in [3.63, 3.8) is 0 Å². The minimum atomic E-state index is -1.71. The van der Waals surface area contributed by atoms with Crippen LogP contribution in [0.1, 0.15) is 24.3 Å². The topological polar surface area (TPSA) is 101 Å². The lowest BCUT2D eigenvalue weighted by Crippen LogP contribution is -2.51. The first-order valence-electron chi connectivity index (χ1n) is 8.90. The minimum Gasteiger partial charge on any atom is -0.399 e. The zero-order valence-corrected chi connectivity index (χ0v) is 14.9. The molecular formula is C21H18FN5. The monoisotopic (exact) mass is 359 g/mol. The molecule has 4 atom stereocenters. The molecule has 27 heavy (non-hydrogen) atoms. The van der Waals surface area contributed by atoms with Crippen molar-refractivity contribution in [3.8, 4) is 18.2 Å². The predicted octanol–water partition coefficient (Wildman–Crippen LogP) is 2.71. The maximum atomic E-state index is 14.0. The van der Waals surface area contributed by atoms with E-state index < -0.39 is 17.2 Å². The van der Waals surface area contributed by atoms with E-state index in [1.807, 2.05) is 13.1 Å². The van der Waals surface area contributed by atoms with Gasteiger partial charge in [-0.3, -0.25) is 4.90 Å². The lowest BCUT2D eigenvalue weighted by atomic mass is 9.56. The third-order valence-corrected chi connectivity index (χ3v) is 6.43. The van der Waals surface area contributed by atoms with Crippen molar-refractivity contribution < 1.29 is 4.39 Å². The van der Waals surface area contributed by atoms with Crippen LogP contribution in [0, 0.1) is 51.1 Å². The van der Waals surface area contributed by atoms with Crippen LogP contribution in [-0.2, 0) is 0 Å². The Kier molecular flexibility index (Phi) is 3.81. The van der Waals surface area contributed by atoms with Crippen molar-refractivity contribution in [1.82, 2.24) is 4.90 Å². The molecule has 3 aliphatic rings. The average molecular weight is 359 g/mol. The van der Waals surface area contributed by atoms with Gasteiger partial charge in [0.15, 0.2) is 5.41 Å². The molecule has 2 N–H and O–H groups in total. The van der Waals surface area contributed by atoms with Gasteiger partial charge in [0.1, 0.15) is 11.9 Å². The second kappa shape index (κ2) is 5.95. The lowest BCUT2D eigenvalue weighted by Gasteiger charge is -2.48. The van der Waals surface area contributed by atoms with Crippen LogP contribution in [-0.4, -0.2) is 24.0 Å². The molecule has 0 saturated carbocycles. The zero-order valence-electron chi connectivity index (χ0n) is 14.9. The Hall–Kier alpha value is -3.14. The van der Waals surface area contributed by atoms with Crippen LogP contribution >= 0.6 is 0 Å². The molecule has 0 aromatic heterocycles. The van der Waals surface area contributed by atoms with Crippen LogP contribution in [0.2, 0.25) is 0 Å². The highest BCUT2D eigenvalue weighted by Gasteiger charge is 2.58. The van der Waals surface area contributed by atoms with E-state index in [1.54, 1.807) is 12.1 Å². The summed E-state index contributed by atoms with van der Waals surface area (Å²) in [6.45, 7) is 0. The van der Waals surface area contributed by atoms with E-state index in [1.165, 1.54) is 12.1 Å². The molecule has 2 unspecified atom stereocenters. The van der Waals surface area contributed by atoms with Crippen LogP contribution < -0.4 is 5.73 Å². The van der Waals surface area contributed by atoms with Gasteiger partial charge in [-0.25, -0.2) is 4.39 Å². The maximum Gasteiger partial charge on any atom is 0.191 e. The van der Waals surface area contributed by atoms with E-state index in [0.29, 0.717) is 5.56 Å². The number of nitrogens with two attached hydrogens (primary N) is 1. The molecule has 2 heterocycles. The van der Waals surface area contributed by atoms with Gasteiger partial charge in [-0.1, -0.05) is 18.2 Å². The summed E-state index contributed by atoms with van der Waals surface area (Å²) in [5.41, 5.74) is 6.14. The number of likely N-dealkylation sites (N-methyl/N-ethyl adjacent to an activating group) is 1. The highest BCUT2D eigenvalue weighted by atomic mass is 19.1. The largest absolute Gasteiger partial charge is 0.399 e. The molecule has 6 heteroatoms. The molecule has 0 radical (unpaired) electrons. The number of hydrogen-bond acceptors (Lipinski definition) is 5. The first-order chi connectivity index (χ1) is 13.0. The van der Waals surface area contributed by atoms with Gasteiger partial charge >= 0.3 is 0 Å². The van der Waals surface area contributed by atoms with E-state index in [9.17, 15) is 20.2 Å². The highest BCUT2D eigenvalue weighted by Crippen LogP contribution is 2.58. The van der Waals surface area contributed by atoms with Gasteiger partial charge < -0.3 is 5.73 Å². The highest BCUT2D eigenvalue weighted by molar-refractivity contribution is 5.60. The molecule has 5 nitrogen and oxygen atoms in total. The molecule has 1 fully saturated rings. The van der Waals surface area contributed by atoms with Crippen molar-refractivity contribution >= 4 is 0 Å². The molecule has 4 rings (SSSR count). The van der Waals surface area contributed by atoms with Gasteiger partial charge in [-0.15, -0.1) is 0 Å². The molecule has 1 aliphatic carbocycles. The van der Waals surface area contributed by atoms with Gasteiger partial charge in [-0.2, -0.15) is 15.8 Å². The molecular weight excluding hydrogens is 341 g/mol. The second-order valence-corrected chi connectivity index (χ2v) is 7.49. The van der Waals surface area contributed by atoms with Crippen LogP contribution in [0.3, 0.4) is 0 Å². The fourth-order valence-corrected chi connectivity index (χ4v) is 5.16. The molecule has 1 aromatic rings. The minimum absolute atomic E-state index is 0.0179. The quantitative estimate of drug-likeness (QED) is 0.831. The Bertz CT molecular complexity index is 989. The van der Waals surface area contributed by atoms with Crippen molar-refractivity contribution in [2.45, 2.75) is 30.8 Å². The molecule has 1 aromatic carbocycles. The normalized spacial score (nSPS) is 31.3. The van der Waals surface area contributed by atoms with E-state index in [-0.39, 0.29) is 29.3 Å². The van der Waals surface area contributed by atoms with Crippen LogP contribution in [0.15, 0.2) is 47.2 Å². The van der Waals surface area contributed by atoms with Crippen molar-refractivity contribution in [2.24, 2.45) is 17.1 Å². The predicted molar refractivity (Wildman–Crippen MR) is 95.8 cm³/mol. The summed E-state index contributed by atoms with van der Waals surface area (Å²) in [7, 11) is 2.02. The number of benzene rings is 1. The standard InChI is InChI=1S/C21H18FN5/c1-27-14-5-6-17(27)18-15(8-14)16(9-23)20(26)21(10-24,11-25)19(18)12-3-2-4-13(22)7-12/h2-4,7-8,14,17-19H,5-6,26H2,1H3/t14?,17?,18-,19+/m0/s1. The van der Waals surface area contributed by atoms with Gasteiger partial charge in [-0.05, 0) is 43.2 Å². The number of halogens is 1. The maximum absolute atomic E-state index is 14.0. The first kappa shape index (κ1) is 17.3. The van der Waals surface area contributed by atoms with Crippen LogP contribution in [0.5, 0.6) is 0 Å². The fraction of sp³-hybridized carbons (Fsp3) is 0.381. The summed E-state index contributed by atoms with van der Waals surface area (Å²) in [5, 5.41) is 29.8. The third kappa shape index (κ3) is 2.16. The Morgan fingerprint density at radius 1 is 1.22 bits per heavy atom. The molecule has 2 aliphatic heterocycles. The molecule has 1 saturated heterocycles. The molecule has 0 spiro atoms. The SMILES string of the molecule is CN1C2C=C3C(C#N)=C(N)C(C#N)(C#N)[C@H](c4cccc(F)c4)[C@@H]3C1CC2. The summed E-state index contributed by atoms with van der Waals surface area (Å²) in [6, 6.07) is 12.6. The number of hydrogen-bond donors (Lipinski definition) is 1. The molecule has 0 amide bonds. The van der Waals surface area contributed by atoms with Gasteiger partial charge in [0.05, 0.1) is 23.4 Å². The summed E-state index contributed by atoms with van der Waals surface area (Å²) in [4.78, 5) is 2.23. The Balaban J connectivity index is 2.06. The summed E-state index contributed by atoms with van der Waals surface area (Å²) in [5.74, 6) is -1.33. The van der Waals surface area contributed by atoms with Crippen molar-refractivity contribution in [2.75, 3.05) is 7.05 Å². The number of rotatable bonds is 1. The first-order valence-corrected chi connectivity index (χ1v) is 8.90. The van der Waals surface area contributed by atoms with E-state index in [0.717, 1.165) is 18.4 Å². The van der Waals surface area contributed by atoms with Gasteiger partial charge in [0, 0.05) is 23.9 Å². The Labute approximate surface area is 157 Å². The molecule has 2 bridgehead atoms. The van der Waals surface area contributed by atoms with E-state index in [4.69, 9.17) is 5.73 Å². The van der Waals surface area contributed by atoms with Crippen LogP contribution in [0.25, 0.3) is 0 Å². The number of allylic oxidation sites excluding steroid dienone is 2. The van der Waals surface area contributed by atoms with Crippen LogP contribution in [0.4, 0.5) is 4.39 Å². The van der Waals surface area contributed by atoms with E-state index >= 15 is 0 Å². The second-order valence-electron chi connectivity index (χ2n) is 7.49. The van der Waals surface area contributed by atoms with Crippen molar-refractivity contribution in [3.05, 3.63) is 58.6 Å². The number of nitrogens with zero attached hydrogens (tertiary/aromatic N) is 4. The summed E-state index contributed by atoms with van der Waals surface area (Å²) >= 11 is 0. The third-order valence-electron chi connectivity index (χ3n) is 6.43. The Morgan fingerprint density at radius 2 is 1.96 bits per heavy atom. The summed E-state index contributed by atoms with van der Waals surface area (Å²) < 4.78 is 14.0.